The lowest BCUT2D eigenvalue weighted by molar-refractivity contribution is 0.580. The van der Waals surface area contributed by atoms with Crippen molar-refractivity contribution in [3.63, 3.8) is 0 Å². The minimum absolute atomic E-state index is 0.0140. The van der Waals surface area contributed by atoms with Gasteiger partial charge in [0, 0.05) is 11.1 Å². The first-order valence-electron chi connectivity index (χ1n) is 5.59. The van der Waals surface area contributed by atoms with E-state index < -0.39 is 10.0 Å². The number of hydrogen-bond acceptors (Lipinski definition) is 5. The largest absolute Gasteiger partial charge is 0.315 e. The van der Waals surface area contributed by atoms with Crippen molar-refractivity contribution in [3.8, 4) is 6.07 Å². The van der Waals surface area contributed by atoms with Crippen LogP contribution in [-0.4, -0.2) is 13.4 Å². The molecule has 1 heterocycles. The summed E-state index contributed by atoms with van der Waals surface area (Å²) < 4.78 is 26.6. The number of benzene rings is 1. The minimum atomic E-state index is -3.67. The van der Waals surface area contributed by atoms with Gasteiger partial charge < -0.3 is 4.98 Å². The molecular weight excluding hydrogens is 298 g/mol. The Bertz CT molecular complexity index is 828. The van der Waals surface area contributed by atoms with E-state index in [0.29, 0.717) is 16.8 Å². The zero-order valence-electron chi connectivity index (χ0n) is 10.5. The summed E-state index contributed by atoms with van der Waals surface area (Å²) in [5.74, 6) is 0. The van der Waals surface area contributed by atoms with E-state index in [1.165, 1.54) is 18.2 Å². The zero-order valence-corrected chi connectivity index (χ0v) is 12.1. The number of rotatable bonds is 4. The van der Waals surface area contributed by atoms with Crippen molar-refractivity contribution in [1.29, 1.82) is 5.26 Å². The highest BCUT2D eigenvalue weighted by atomic mass is 32.2. The molecule has 0 radical (unpaired) electrons. The highest BCUT2D eigenvalue weighted by Crippen LogP contribution is 2.15. The lowest BCUT2D eigenvalue weighted by Crippen LogP contribution is -2.23. The predicted molar refractivity (Wildman–Crippen MR) is 74.9 cm³/mol. The van der Waals surface area contributed by atoms with Crippen LogP contribution in [0.2, 0.25) is 0 Å². The van der Waals surface area contributed by atoms with Gasteiger partial charge in [-0.3, -0.25) is 4.79 Å². The topological polar surface area (TPSA) is 103 Å². The molecule has 8 heteroatoms. The van der Waals surface area contributed by atoms with E-state index in [4.69, 9.17) is 5.26 Å². The molecule has 0 aliphatic heterocycles. The van der Waals surface area contributed by atoms with Crippen LogP contribution in [0.25, 0.3) is 0 Å². The molecule has 0 aliphatic rings. The van der Waals surface area contributed by atoms with Gasteiger partial charge in [0.15, 0.2) is 0 Å². The summed E-state index contributed by atoms with van der Waals surface area (Å²) in [6, 6.07) is 6.27. The van der Waals surface area contributed by atoms with Gasteiger partial charge in [0.2, 0.25) is 10.0 Å². The fourth-order valence-corrected chi connectivity index (χ4v) is 3.26. The van der Waals surface area contributed by atoms with E-state index in [1.807, 2.05) is 6.07 Å². The number of thiazole rings is 1. The highest BCUT2D eigenvalue weighted by molar-refractivity contribution is 7.89. The number of nitrogens with one attached hydrogen (secondary N) is 2. The summed E-state index contributed by atoms with van der Waals surface area (Å²) in [5, 5.41) is 10.4. The number of aromatic nitrogens is 1. The Morgan fingerprint density at radius 1 is 1.45 bits per heavy atom. The molecule has 0 bridgehead atoms. The summed E-state index contributed by atoms with van der Waals surface area (Å²) in [4.78, 5) is 13.3. The third-order valence-electron chi connectivity index (χ3n) is 2.65. The van der Waals surface area contributed by atoms with Crippen LogP contribution >= 0.6 is 11.3 Å². The summed E-state index contributed by atoms with van der Waals surface area (Å²) in [6.45, 7) is 1.69. The third-order valence-corrected chi connectivity index (χ3v) is 4.77. The average molecular weight is 309 g/mol. The molecule has 0 saturated carbocycles. The molecule has 0 unspecified atom stereocenters. The lowest BCUT2D eigenvalue weighted by Gasteiger charge is -2.07. The number of H-pyrrole nitrogens is 1. The lowest BCUT2D eigenvalue weighted by atomic mass is 10.1. The Hall–Kier alpha value is -1.95. The maximum atomic E-state index is 12.1. The van der Waals surface area contributed by atoms with Gasteiger partial charge in [-0.15, -0.1) is 0 Å². The van der Waals surface area contributed by atoms with Gasteiger partial charge >= 0.3 is 4.87 Å². The van der Waals surface area contributed by atoms with Gasteiger partial charge in [0.05, 0.1) is 23.1 Å². The van der Waals surface area contributed by atoms with Gasteiger partial charge in [-0.1, -0.05) is 11.3 Å². The molecule has 0 fully saturated rings. The quantitative estimate of drug-likeness (QED) is 0.882. The predicted octanol–water partition coefficient (Wildman–Crippen LogP) is 1.10. The average Bonchev–Trinajstić information content (AvgIpc) is 2.82. The molecule has 0 aliphatic carbocycles. The van der Waals surface area contributed by atoms with Crippen LogP contribution in [0.3, 0.4) is 0 Å². The molecule has 0 spiro atoms. The number of nitriles is 1. The Labute approximate surface area is 119 Å². The normalized spacial score (nSPS) is 11.2. The van der Waals surface area contributed by atoms with Crippen LogP contribution < -0.4 is 9.60 Å². The smallest absolute Gasteiger partial charge is 0.304 e. The summed E-state index contributed by atoms with van der Waals surface area (Å²) in [5.41, 5.74) is 1.54. The number of hydrogen-bond donors (Lipinski definition) is 2. The monoisotopic (exact) mass is 309 g/mol. The fraction of sp³-hybridized carbons (Fsp3) is 0.167. The molecule has 0 saturated heterocycles. The fourth-order valence-electron chi connectivity index (χ4n) is 1.59. The summed E-state index contributed by atoms with van der Waals surface area (Å²) in [6.07, 6.45) is 0. The van der Waals surface area contributed by atoms with Gasteiger partial charge in [-0.25, -0.2) is 13.1 Å². The van der Waals surface area contributed by atoms with Crippen LogP contribution in [0, 0.1) is 18.3 Å². The molecule has 0 atom stereocenters. The summed E-state index contributed by atoms with van der Waals surface area (Å²) in [7, 11) is -3.67. The van der Waals surface area contributed by atoms with Crippen molar-refractivity contribution in [1.82, 2.24) is 9.71 Å². The van der Waals surface area contributed by atoms with E-state index in [2.05, 4.69) is 9.71 Å². The van der Waals surface area contributed by atoms with Crippen molar-refractivity contribution < 1.29 is 8.42 Å². The van der Waals surface area contributed by atoms with Crippen molar-refractivity contribution in [2.45, 2.75) is 18.4 Å². The molecule has 104 valence electrons. The second kappa shape index (κ2) is 5.58. The summed E-state index contributed by atoms with van der Waals surface area (Å²) >= 11 is 0.976. The SMILES string of the molecule is Cc1cc(S(=O)(=O)NCc2csc(=O)[nH]2)ccc1C#N. The first-order valence-corrected chi connectivity index (χ1v) is 7.96. The van der Waals surface area contributed by atoms with Crippen LogP contribution in [0.5, 0.6) is 0 Å². The Balaban J connectivity index is 2.20. The first-order chi connectivity index (χ1) is 9.42. The molecular formula is C12H11N3O3S2. The minimum Gasteiger partial charge on any atom is -0.315 e. The zero-order chi connectivity index (χ0) is 14.8. The van der Waals surface area contributed by atoms with E-state index in [-0.39, 0.29) is 16.3 Å². The number of aryl methyl sites for hydroxylation is 1. The van der Waals surface area contributed by atoms with Crippen LogP contribution in [-0.2, 0) is 16.6 Å². The maximum absolute atomic E-state index is 12.1. The second-order valence-corrected chi connectivity index (χ2v) is 6.70. The van der Waals surface area contributed by atoms with Crippen LogP contribution in [0.15, 0.2) is 33.3 Å². The van der Waals surface area contributed by atoms with E-state index in [0.717, 1.165) is 11.3 Å². The Morgan fingerprint density at radius 2 is 2.20 bits per heavy atom. The van der Waals surface area contributed by atoms with E-state index in [1.54, 1.807) is 12.3 Å². The Morgan fingerprint density at radius 3 is 2.75 bits per heavy atom. The molecule has 2 aromatic rings. The van der Waals surface area contributed by atoms with Crippen molar-refractivity contribution in [2.75, 3.05) is 0 Å². The maximum Gasteiger partial charge on any atom is 0.304 e. The van der Waals surface area contributed by atoms with Crippen molar-refractivity contribution in [2.24, 2.45) is 0 Å². The molecule has 1 aromatic heterocycles. The highest BCUT2D eigenvalue weighted by Gasteiger charge is 2.15. The molecule has 1 aromatic carbocycles. The molecule has 2 rings (SSSR count). The third kappa shape index (κ3) is 3.14. The van der Waals surface area contributed by atoms with Crippen LogP contribution in [0.4, 0.5) is 0 Å². The first kappa shape index (κ1) is 14.5. The number of nitrogens with zero attached hydrogens (tertiary/aromatic N) is 1. The van der Waals surface area contributed by atoms with Crippen LogP contribution in [0.1, 0.15) is 16.8 Å². The van der Waals surface area contributed by atoms with Crippen molar-refractivity contribution >= 4 is 21.4 Å². The second-order valence-electron chi connectivity index (χ2n) is 4.09. The van der Waals surface area contributed by atoms with Crippen molar-refractivity contribution in [3.05, 3.63) is 50.1 Å². The van der Waals surface area contributed by atoms with Gasteiger partial charge in [0.25, 0.3) is 0 Å². The van der Waals surface area contributed by atoms with E-state index in [9.17, 15) is 13.2 Å². The number of sulfonamides is 1. The van der Waals surface area contributed by atoms with E-state index >= 15 is 0 Å². The van der Waals surface area contributed by atoms with Gasteiger partial charge in [-0.05, 0) is 30.7 Å². The number of aromatic amines is 1. The molecule has 20 heavy (non-hydrogen) atoms. The molecule has 6 nitrogen and oxygen atoms in total. The Kier molecular flexibility index (Phi) is 4.04. The van der Waals surface area contributed by atoms with Gasteiger partial charge in [-0.2, -0.15) is 5.26 Å². The standard InChI is InChI=1S/C12H11N3O3S2/c1-8-4-11(3-2-9(8)5-13)20(17,18)14-6-10-7-19-12(16)15-10/h2-4,7,14H,6H2,1H3,(H,15,16). The molecule has 2 N–H and O–H groups in total. The molecule has 0 amide bonds. The van der Waals surface area contributed by atoms with Gasteiger partial charge in [0.1, 0.15) is 0 Å².